The summed E-state index contributed by atoms with van der Waals surface area (Å²) in [4.78, 5) is 23.5. The van der Waals surface area contributed by atoms with E-state index in [0.717, 1.165) is 18.2 Å². The number of amides is 1. The van der Waals surface area contributed by atoms with Crippen molar-refractivity contribution in [3.05, 3.63) is 65.7 Å². The molecule has 0 radical (unpaired) electrons. The van der Waals surface area contributed by atoms with Crippen LogP contribution in [0.4, 0.5) is 14.5 Å². The molecule has 0 aliphatic carbocycles. The number of carbonyl (C=O) groups excluding carboxylic acids is 2. The largest absolute Gasteiger partial charge is 0.324 e. The molecule has 0 spiro atoms. The maximum absolute atomic E-state index is 13.4. The van der Waals surface area contributed by atoms with Gasteiger partial charge < -0.3 is 5.32 Å². The van der Waals surface area contributed by atoms with Gasteiger partial charge in [0, 0.05) is 24.5 Å². The maximum Gasteiger partial charge on any atom is 0.224 e. The number of Topliss-reactive ketones (excluding diaryl/α,β-unsaturated/α-hetero) is 1. The lowest BCUT2D eigenvalue weighted by Gasteiger charge is -2.06. The van der Waals surface area contributed by atoms with Gasteiger partial charge in [-0.05, 0) is 18.6 Å². The molecule has 2 rings (SSSR count). The number of hydrogen-bond acceptors (Lipinski definition) is 2. The molecular formula is C17H15F2NO2. The number of benzene rings is 2. The molecule has 1 N–H and O–H groups in total. The highest BCUT2D eigenvalue weighted by Crippen LogP contribution is 2.16. The van der Waals surface area contributed by atoms with Crippen LogP contribution < -0.4 is 5.32 Å². The van der Waals surface area contributed by atoms with Crippen LogP contribution in [0.5, 0.6) is 0 Å². The summed E-state index contributed by atoms with van der Waals surface area (Å²) in [5.74, 6) is -1.83. The summed E-state index contributed by atoms with van der Waals surface area (Å²) in [5, 5.41) is 2.30. The topological polar surface area (TPSA) is 46.2 Å². The molecule has 0 aromatic heterocycles. The SMILES string of the molecule is O=C(CCCC(=O)c1ccccc1)Nc1cc(F)ccc1F. The molecule has 0 fully saturated rings. The molecule has 114 valence electrons. The Bertz CT molecular complexity index is 672. The zero-order valence-corrected chi connectivity index (χ0v) is 11.8. The summed E-state index contributed by atoms with van der Waals surface area (Å²) in [6.07, 6.45) is 0.633. The fourth-order valence-electron chi connectivity index (χ4n) is 1.98. The molecule has 0 aliphatic rings. The minimum Gasteiger partial charge on any atom is -0.324 e. The molecule has 0 bridgehead atoms. The van der Waals surface area contributed by atoms with Crippen LogP contribution in [-0.4, -0.2) is 11.7 Å². The number of nitrogens with one attached hydrogen (secondary N) is 1. The first-order chi connectivity index (χ1) is 10.6. The van der Waals surface area contributed by atoms with E-state index < -0.39 is 17.5 Å². The summed E-state index contributed by atoms with van der Waals surface area (Å²) >= 11 is 0. The molecule has 0 aliphatic heterocycles. The van der Waals surface area contributed by atoms with Crippen LogP contribution in [0.15, 0.2) is 48.5 Å². The van der Waals surface area contributed by atoms with Gasteiger partial charge in [-0.3, -0.25) is 9.59 Å². The summed E-state index contributed by atoms with van der Waals surface area (Å²) in [5.41, 5.74) is 0.401. The Morgan fingerprint density at radius 2 is 1.68 bits per heavy atom. The van der Waals surface area contributed by atoms with Crippen LogP contribution in [0, 0.1) is 11.6 Å². The lowest BCUT2D eigenvalue weighted by atomic mass is 10.1. The van der Waals surface area contributed by atoms with E-state index in [-0.39, 0.29) is 24.3 Å². The van der Waals surface area contributed by atoms with Crippen molar-refractivity contribution < 1.29 is 18.4 Å². The van der Waals surface area contributed by atoms with Crippen molar-refractivity contribution in [3.63, 3.8) is 0 Å². The van der Waals surface area contributed by atoms with Gasteiger partial charge in [0.25, 0.3) is 0 Å². The third kappa shape index (κ3) is 4.48. The second kappa shape index (κ2) is 7.45. The Balaban J connectivity index is 1.81. The van der Waals surface area contributed by atoms with E-state index in [1.807, 2.05) is 6.07 Å². The summed E-state index contributed by atoms with van der Waals surface area (Å²) in [7, 11) is 0. The summed E-state index contributed by atoms with van der Waals surface area (Å²) < 4.78 is 26.3. The van der Waals surface area contributed by atoms with Gasteiger partial charge in [0.15, 0.2) is 5.78 Å². The summed E-state index contributed by atoms with van der Waals surface area (Å²) in [6.45, 7) is 0. The minimum atomic E-state index is -0.699. The lowest BCUT2D eigenvalue weighted by Crippen LogP contribution is -2.13. The van der Waals surface area contributed by atoms with Gasteiger partial charge in [0.05, 0.1) is 5.69 Å². The zero-order chi connectivity index (χ0) is 15.9. The third-order valence-corrected chi connectivity index (χ3v) is 3.11. The van der Waals surface area contributed by atoms with Crippen molar-refractivity contribution in [3.8, 4) is 0 Å². The number of hydrogen-bond donors (Lipinski definition) is 1. The van der Waals surface area contributed by atoms with E-state index in [0.29, 0.717) is 12.0 Å². The van der Waals surface area contributed by atoms with Gasteiger partial charge in [-0.15, -0.1) is 0 Å². The van der Waals surface area contributed by atoms with E-state index in [1.165, 1.54) is 0 Å². The molecule has 0 saturated heterocycles. The van der Waals surface area contributed by atoms with Gasteiger partial charge >= 0.3 is 0 Å². The van der Waals surface area contributed by atoms with Gasteiger partial charge in [-0.1, -0.05) is 30.3 Å². The minimum absolute atomic E-state index is 0.0506. The Kier molecular flexibility index (Phi) is 5.36. The summed E-state index contributed by atoms with van der Waals surface area (Å²) in [6, 6.07) is 11.6. The molecule has 1 amide bonds. The number of rotatable bonds is 6. The second-order valence-corrected chi connectivity index (χ2v) is 4.82. The van der Waals surface area contributed by atoms with Crippen molar-refractivity contribution in [1.29, 1.82) is 0 Å². The molecule has 2 aromatic carbocycles. The van der Waals surface area contributed by atoms with E-state index in [9.17, 15) is 18.4 Å². The van der Waals surface area contributed by atoms with E-state index in [2.05, 4.69) is 5.32 Å². The van der Waals surface area contributed by atoms with Crippen LogP contribution in [0.1, 0.15) is 29.6 Å². The predicted molar refractivity (Wildman–Crippen MR) is 79.6 cm³/mol. The molecule has 22 heavy (non-hydrogen) atoms. The Morgan fingerprint density at radius 3 is 2.41 bits per heavy atom. The van der Waals surface area contributed by atoms with Crippen molar-refractivity contribution in [2.45, 2.75) is 19.3 Å². The quantitative estimate of drug-likeness (QED) is 0.821. The van der Waals surface area contributed by atoms with Crippen LogP contribution in [0.25, 0.3) is 0 Å². The van der Waals surface area contributed by atoms with Crippen LogP contribution in [-0.2, 0) is 4.79 Å². The first-order valence-corrected chi connectivity index (χ1v) is 6.89. The first-order valence-electron chi connectivity index (χ1n) is 6.89. The van der Waals surface area contributed by atoms with E-state index in [4.69, 9.17) is 0 Å². The lowest BCUT2D eigenvalue weighted by molar-refractivity contribution is -0.116. The standard InChI is InChI=1S/C17H15F2NO2/c18-13-9-10-14(19)15(11-13)20-17(22)8-4-7-16(21)12-5-2-1-3-6-12/h1-3,5-6,9-11H,4,7-8H2,(H,20,22). The number of anilines is 1. The van der Waals surface area contributed by atoms with Gasteiger partial charge in [0.1, 0.15) is 11.6 Å². The highest BCUT2D eigenvalue weighted by atomic mass is 19.1. The van der Waals surface area contributed by atoms with Gasteiger partial charge in [0.2, 0.25) is 5.91 Å². The first kappa shape index (κ1) is 15.8. The normalized spacial score (nSPS) is 10.3. The molecule has 0 heterocycles. The van der Waals surface area contributed by atoms with Crippen molar-refractivity contribution in [2.24, 2.45) is 0 Å². The third-order valence-electron chi connectivity index (χ3n) is 3.11. The monoisotopic (exact) mass is 303 g/mol. The van der Waals surface area contributed by atoms with Crippen molar-refractivity contribution in [2.75, 3.05) is 5.32 Å². The fraction of sp³-hybridized carbons (Fsp3) is 0.176. The predicted octanol–water partition coefficient (Wildman–Crippen LogP) is 3.96. The van der Waals surface area contributed by atoms with E-state index in [1.54, 1.807) is 24.3 Å². The smallest absolute Gasteiger partial charge is 0.224 e. The molecule has 5 heteroatoms. The molecule has 3 nitrogen and oxygen atoms in total. The zero-order valence-electron chi connectivity index (χ0n) is 11.8. The average molecular weight is 303 g/mol. The Labute approximate surface area is 127 Å². The van der Waals surface area contributed by atoms with Crippen LogP contribution in [0.3, 0.4) is 0 Å². The Morgan fingerprint density at radius 1 is 0.955 bits per heavy atom. The number of carbonyl (C=O) groups is 2. The molecule has 0 saturated carbocycles. The number of ketones is 1. The second-order valence-electron chi connectivity index (χ2n) is 4.82. The van der Waals surface area contributed by atoms with Gasteiger partial charge in [-0.2, -0.15) is 0 Å². The number of halogens is 2. The molecular weight excluding hydrogens is 288 g/mol. The molecule has 2 aromatic rings. The highest BCUT2D eigenvalue weighted by molar-refractivity contribution is 5.96. The van der Waals surface area contributed by atoms with Crippen molar-refractivity contribution in [1.82, 2.24) is 0 Å². The average Bonchev–Trinajstić information content (AvgIpc) is 2.51. The van der Waals surface area contributed by atoms with Crippen LogP contribution in [0.2, 0.25) is 0 Å². The van der Waals surface area contributed by atoms with Crippen LogP contribution >= 0.6 is 0 Å². The maximum atomic E-state index is 13.4. The fourth-order valence-corrected chi connectivity index (χ4v) is 1.98. The van der Waals surface area contributed by atoms with Gasteiger partial charge in [-0.25, -0.2) is 8.78 Å². The molecule has 0 atom stereocenters. The highest BCUT2D eigenvalue weighted by Gasteiger charge is 2.10. The van der Waals surface area contributed by atoms with E-state index >= 15 is 0 Å². The van der Waals surface area contributed by atoms with Crippen molar-refractivity contribution >= 4 is 17.4 Å². The Hall–Kier alpha value is -2.56. The molecule has 0 unspecified atom stereocenters.